The maximum Gasteiger partial charge on any atom is 0.307 e. The van der Waals surface area contributed by atoms with Crippen LogP contribution in [-0.4, -0.2) is 33.8 Å². The summed E-state index contributed by atoms with van der Waals surface area (Å²) in [6.45, 7) is 9.03. The minimum atomic E-state index is -0.850. The summed E-state index contributed by atoms with van der Waals surface area (Å²) in [4.78, 5) is 26.6. The number of thiophene rings is 1. The molecule has 2 aromatic carbocycles. The van der Waals surface area contributed by atoms with E-state index in [2.05, 4.69) is 36.4 Å². The SMILES string of the molecule is CC[C@@H]1CN(Cc2cc(C(c3ccc(C(C)=O)s3)C(C)C(=O)O)ccc2C)Sc2ccccc2O1. The van der Waals surface area contributed by atoms with E-state index in [1.54, 1.807) is 31.9 Å². The molecule has 184 valence electrons. The standard InChI is InChI=1S/C28H31NO4S2/c1-5-22-16-29(35-25-9-7-6-8-23(25)33-22)15-21-14-20(11-10-17(21)2)27(18(3)28(31)32)26-13-12-24(34-26)19(4)30/h6-14,18,22,27H,5,15-16H2,1-4H3,(H,31,32)/t18?,22-,27?/m1/s1. The van der Waals surface area contributed by atoms with E-state index in [9.17, 15) is 14.7 Å². The fourth-order valence-corrected chi connectivity index (χ4v) is 6.55. The number of hydrogen-bond donors (Lipinski definition) is 1. The summed E-state index contributed by atoms with van der Waals surface area (Å²) in [5, 5.41) is 9.87. The first-order chi connectivity index (χ1) is 16.8. The molecule has 0 bridgehead atoms. The van der Waals surface area contributed by atoms with E-state index >= 15 is 0 Å². The van der Waals surface area contributed by atoms with Gasteiger partial charge in [0.15, 0.2) is 5.78 Å². The number of fused-ring (bicyclic) bond motifs is 1. The number of benzene rings is 2. The van der Waals surface area contributed by atoms with Gasteiger partial charge in [0.1, 0.15) is 11.9 Å². The number of carboxylic acids is 1. The lowest BCUT2D eigenvalue weighted by atomic mass is 9.84. The van der Waals surface area contributed by atoms with Crippen LogP contribution in [0.25, 0.3) is 0 Å². The van der Waals surface area contributed by atoms with Crippen LogP contribution in [0.2, 0.25) is 0 Å². The summed E-state index contributed by atoms with van der Waals surface area (Å²) >= 11 is 3.10. The highest BCUT2D eigenvalue weighted by Crippen LogP contribution is 2.39. The lowest BCUT2D eigenvalue weighted by Crippen LogP contribution is -2.29. The van der Waals surface area contributed by atoms with Gasteiger partial charge in [-0.1, -0.05) is 44.2 Å². The second-order valence-electron chi connectivity index (χ2n) is 9.06. The molecule has 0 aliphatic carbocycles. The number of carboxylic acid groups (broad SMARTS) is 1. The summed E-state index contributed by atoms with van der Waals surface area (Å²) < 4.78 is 8.58. The molecular weight excluding hydrogens is 478 g/mol. The van der Waals surface area contributed by atoms with Crippen molar-refractivity contribution in [1.82, 2.24) is 4.31 Å². The average molecular weight is 510 g/mol. The monoisotopic (exact) mass is 509 g/mol. The second-order valence-corrected chi connectivity index (χ2v) is 11.3. The van der Waals surface area contributed by atoms with Gasteiger partial charge in [0.05, 0.1) is 15.7 Å². The Bertz CT molecular complexity index is 1220. The van der Waals surface area contributed by atoms with Crippen LogP contribution in [-0.2, 0) is 11.3 Å². The first kappa shape index (κ1) is 25.5. The Morgan fingerprint density at radius 1 is 1.17 bits per heavy atom. The third kappa shape index (κ3) is 5.80. The molecule has 35 heavy (non-hydrogen) atoms. The van der Waals surface area contributed by atoms with Gasteiger partial charge in [0.25, 0.3) is 0 Å². The van der Waals surface area contributed by atoms with E-state index in [0.717, 1.165) is 51.7 Å². The van der Waals surface area contributed by atoms with E-state index in [-0.39, 0.29) is 17.8 Å². The Kier molecular flexibility index (Phi) is 7.99. The van der Waals surface area contributed by atoms with Crippen LogP contribution in [0, 0.1) is 12.8 Å². The Morgan fingerprint density at radius 3 is 2.63 bits per heavy atom. The van der Waals surface area contributed by atoms with Gasteiger partial charge in [-0.05, 0) is 73.2 Å². The number of aryl methyl sites for hydroxylation is 1. The molecule has 1 aliphatic rings. The van der Waals surface area contributed by atoms with Crippen molar-refractivity contribution in [3.63, 3.8) is 0 Å². The molecule has 0 radical (unpaired) electrons. The number of carbonyl (C=O) groups excluding carboxylic acids is 1. The smallest absolute Gasteiger partial charge is 0.307 e. The van der Waals surface area contributed by atoms with Crippen molar-refractivity contribution in [1.29, 1.82) is 0 Å². The minimum Gasteiger partial charge on any atom is -0.488 e. The molecule has 0 fully saturated rings. The maximum atomic E-state index is 12.0. The largest absolute Gasteiger partial charge is 0.488 e. The van der Waals surface area contributed by atoms with Crippen LogP contribution in [0.1, 0.15) is 64.3 Å². The Balaban J connectivity index is 1.67. The number of Topliss-reactive ketones (excluding diaryl/α,β-unsaturated/α-hetero) is 1. The lowest BCUT2D eigenvalue weighted by Gasteiger charge is -2.25. The van der Waals surface area contributed by atoms with Gasteiger partial charge >= 0.3 is 5.97 Å². The van der Waals surface area contributed by atoms with Crippen LogP contribution >= 0.6 is 23.3 Å². The molecule has 0 amide bonds. The first-order valence-electron chi connectivity index (χ1n) is 11.9. The fraction of sp³-hybridized carbons (Fsp3) is 0.357. The zero-order valence-electron chi connectivity index (χ0n) is 20.5. The van der Waals surface area contributed by atoms with Gasteiger partial charge in [-0.3, -0.25) is 9.59 Å². The van der Waals surface area contributed by atoms with E-state index < -0.39 is 11.9 Å². The number of rotatable bonds is 8. The molecule has 1 aliphatic heterocycles. The second kappa shape index (κ2) is 11.0. The highest BCUT2D eigenvalue weighted by Gasteiger charge is 2.30. The van der Waals surface area contributed by atoms with Gasteiger partial charge in [0, 0.05) is 23.9 Å². The molecule has 7 heteroatoms. The number of carbonyl (C=O) groups is 2. The van der Waals surface area contributed by atoms with E-state index in [0.29, 0.717) is 4.88 Å². The molecule has 5 nitrogen and oxygen atoms in total. The summed E-state index contributed by atoms with van der Waals surface area (Å²) in [6.07, 6.45) is 1.02. The summed E-state index contributed by atoms with van der Waals surface area (Å²) in [7, 11) is 0. The van der Waals surface area contributed by atoms with E-state index in [1.165, 1.54) is 11.3 Å². The van der Waals surface area contributed by atoms with Gasteiger partial charge in [-0.15, -0.1) is 11.3 Å². The Morgan fingerprint density at radius 2 is 1.94 bits per heavy atom. The van der Waals surface area contributed by atoms with Crippen molar-refractivity contribution >= 4 is 35.0 Å². The predicted molar refractivity (Wildman–Crippen MR) is 142 cm³/mol. The van der Waals surface area contributed by atoms with E-state index in [4.69, 9.17) is 4.74 Å². The quantitative estimate of drug-likeness (QED) is 0.266. The Hall–Kier alpha value is -2.61. The molecule has 4 rings (SSSR count). The normalized spacial score (nSPS) is 17.7. The molecular formula is C28H31NO4S2. The van der Waals surface area contributed by atoms with Gasteiger partial charge in [0.2, 0.25) is 0 Å². The van der Waals surface area contributed by atoms with Gasteiger partial charge in [-0.25, -0.2) is 4.31 Å². The van der Waals surface area contributed by atoms with Crippen LogP contribution in [0.15, 0.2) is 59.5 Å². The average Bonchev–Trinajstić information content (AvgIpc) is 3.24. The summed E-state index contributed by atoms with van der Waals surface area (Å²) in [5.41, 5.74) is 3.29. The fourth-order valence-electron chi connectivity index (χ4n) is 4.35. The molecule has 2 heterocycles. The third-order valence-corrected chi connectivity index (χ3v) is 8.82. The zero-order chi connectivity index (χ0) is 25.1. The van der Waals surface area contributed by atoms with Crippen LogP contribution in [0.4, 0.5) is 0 Å². The number of hydrogen-bond acceptors (Lipinski definition) is 6. The number of para-hydroxylation sites is 1. The number of nitrogens with zero attached hydrogens (tertiary/aromatic N) is 1. The summed E-state index contributed by atoms with van der Waals surface area (Å²) in [6, 6.07) is 18.1. The molecule has 1 aromatic heterocycles. The first-order valence-corrected chi connectivity index (χ1v) is 13.5. The number of ketones is 1. The Labute approximate surface area is 215 Å². The molecule has 0 saturated carbocycles. The molecule has 2 unspecified atom stereocenters. The van der Waals surface area contributed by atoms with Crippen molar-refractivity contribution in [3.05, 3.63) is 81.0 Å². The van der Waals surface area contributed by atoms with Crippen LogP contribution in [0.5, 0.6) is 5.75 Å². The van der Waals surface area contributed by atoms with Gasteiger partial charge in [-0.2, -0.15) is 0 Å². The number of ether oxygens (including phenoxy) is 1. The topological polar surface area (TPSA) is 66.8 Å². The lowest BCUT2D eigenvalue weighted by molar-refractivity contribution is -0.141. The molecule has 3 aromatic rings. The van der Waals surface area contributed by atoms with Crippen molar-refractivity contribution < 1.29 is 19.4 Å². The molecule has 0 spiro atoms. The molecule has 1 N–H and O–H groups in total. The summed E-state index contributed by atoms with van der Waals surface area (Å²) in [5.74, 6) is -0.876. The predicted octanol–water partition coefficient (Wildman–Crippen LogP) is 6.79. The maximum absolute atomic E-state index is 12.0. The molecule has 0 saturated heterocycles. The van der Waals surface area contributed by atoms with E-state index in [1.807, 2.05) is 30.3 Å². The van der Waals surface area contributed by atoms with Crippen molar-refractivity contribution in [2.45, 2.75) is 57.6 Å². The van der Waals surface area contributed by atoms with Crippen molar-refractivity contribution in [3.8, 4) is 5.75 Å². The highest BCUT2D eigenvalue weighted by atomic mass is 32.2. The van der Waals surface area contributed by atoms with Crippen molar-refractivity contribution in [2.24, 2.45) is 5.92 Å². The van der Waals surface area contributed by atoms with Crippen molar-refractivity contribution in [2.75, 3.05) is 6.54 Å². The molecule has 3 atom stereocenters. The van der Waals surface area contributed by atoms with Gasteiger partial charge < -0.3 is 9.84 Å². The highest BCUT2D eigenvalue weighted by molar-refractivity contribution is 7.97. The third-order valence-electron chi connectivity index (χ3n) is 6.48. The van der Waals surface area contributed by atoms with Crippen LogP contribution in [0.3, 0.4) is 0 Å². The van der Waals surface area contributed by atoms with Crippen LogP contribution < -0.4 is 4.74 Å². The number of aliphatic carboxylic acids is 1. The minimum absolute atomic E-state index is 0.00117. The zero-order valence-corrected chi connectivity index (χ0v) is 22.1.